The molecule has 0 spiro atoms. The second-order valence-electron chi connectivity index (χ2n) is 2.95. The Labute approximate surface area is 80.3 Å². The van der Waals surface area contributed by atoms with Crippen LogP contribution >= 0.6 is 11.8 Å². The highest BCUT2D eigenvalue weighted by Crippen LogP contribution is 2.03. The Morgan fingerprint density at radius 3 is 2.33 bits per heavy atom. The lowest BCUT2D eigenvalue weighted by Gasteiger charge is -2.17. The maximum atomic E-state index is 9.00. The lowest BCUT2D eigenvalue weighted by Crippen LogP contribution is -2.25. The van der Waals surface area contributed by atoms with Crippen molar-refractivity contribution in [3.8, 4) is 0 Å². The van der Waals surface area contributed by atoms with Gasteiger partial charge < -0.3 is 10.0 Å². The number of aliphatic hydroxyl groups excluding tert-OH is 1. The van der Waals surface area contributed by atoms with Gasteiger partial charge in [-0.1, -0.05) is 13.8 Å². The molecule has 0 fully saturated rings. The molecule has 0 rings (SSSR count). The highest BCUT2D eigenvalue weighted by atomic mass is 32.2. The second kappa shape index (κ2) is 7.90. The molecule has 0 aromatic carbocycles. The Balaban J connectivity index is 3.17. The van der Waals surface area contributed by atoms with Crippen molar-refractivity contribution in [3.63, 3.8) is 0 Å². The zero-order valence-corrected chi connectivity index (χ0v) is 9.23. The summed E-state index contributed by atoms with van der Waals surface area (Å²) in [6.07, 6.45) is -0.160. The van der Waals surface area contributed by atoms with Gasteiger partial charge in [0.15, 0.2) is 0 Å². The van der Waals surface area contributed by atoms with Gasteiger partial charge in [-0.05, 0) is 20.0 Å². The number of rotatable bonds is 7. The Morgan fingerprint density at radius 2 is 1.92 bits per heavy atom. The summed E-state index contributed by atoms with van der Waals surface area (Å²) in [7, 11) is 0. The molecule has 3 heteroatoms. The van der Waals surface area contributed by atoms with Gasteiger partial charge in [-0.15, -0.1) is 0 Å². The SMILES string of the molecule is CCN(CC)CCSCC(C)O. The van der Waals surface area contributed by atoms with Crippen molar-refractivity contribution in [1.82, 2.24) is 4.90 Å². The van der Waals surface area contributed by atoms with Crippen molar-refractivity contribution in [3.05, 3.63) is 0 Å². The largest absolute Gasteiger partial charge is 0.393 e. The molecule has 0 radical (unpaired) electrons. The molecule has 0 aromatic rings. The maximum Gasteiger partial charge on any atom is 0.0602 e. The van der Waals surface area contributed by atoms with Crippen LogP contribution in [0.5, 0.6) is 0 Å². The quantitative estimate of drug-likeness (QED) is 0.616. The van der Waals surface area contributed by atoms with E-state index in [0.717, 1.165) is 31.1 Å². The van der Waals surface area contributed by atoms with Crippen molar-refractivity contribution in [2.75, 3.05) is 31.1 Å². The molecule has 0 bridgehead atoms. The molecule has 0 aliphatic heterocycles. The molecule has 0 saturated heterocycles. The summed E-state index contributed by atoms with van der Waals surface area (Å²) in [6, 6.07) is 0. The molecule has 1 N–H and O–H groups in total. The highest BCUT2D eigenvalue weighted by molar-refractivity contribution is 7.99. The topological polar surface area (TPSA) is 23.5 Å². The molecule has 0 amide bonds. The summed E-state index contributed by atoms with van der Waals surface area (Å²) in [5.41, 5.74) is 0. The molecule has 74 valence electrons. The first-order chi connectivity index (χ1) is 5.70. The van der Waals surface area contributed by atoms with E-state index in [0.29, 0.717) is 0 Å². The molecule has 1 unspecified atom stereocenters. The van der Waals surface area contributed by atoms with Crippen LogP contribution in [-0.4, -0.2) is 47.3 Å². The predicted molar refractivity (Wildman–Crippen MR) is 56.8 cm³/mol. The van der Waals surface area contributed by atoms with E-state index in [9.17, 15) is 0 Å². The fourth-order valence-corrected chi connectivity index (χ4v) is 1.88. The first kappa shape index (κ1) is 12.3. The molecule has 0 aliphatic rings. The standard InChI is InChI=1S/C9H21NOS/c1-4-10(5-2)6-7-12-8-9(3)11/h9,11H,4-8H2,1-3H3. The summed E-state index contributed by atoms with van der Waals surface area (Å²) in [6.45, 7) is 9.61. The third kappa shape index (κ3) is 6.95. The first-order valence-corrected chi connectivity index (χ1v) is 5.84. The highest BCUT2D eigenvalue weighted by Gasteiger charge is 1.99. The summed E-state index contributed by atoms with van der Waals surface area (Å²) in [5.74, 6) is 1.99. The van der Waals surface area contributed by atoms with Gasteiger partial charge in [0.05, 0.1) is 6.10 Å². The summed E-state index contributed by atoms with van der Waals surface area (Å²) < 4.78 is 0. The number of hydrogen-bond donors (Lipinski definition) is 1. The third-order valence-corrected chi connectivity index (χ3v) is 2.99. The van der Waals surface area contributed by atoms with Crippen LogP contribution < -0.4 is 0 Å². The van der Waals surface area contributed by atoms with Crippen molar-refractivity contribution < 1.29 is 5.11 Å². The van der Waals surface area contributed by atoms with Gasteiger partial charge in [-0.25, -0.2) is 0 Å². The van der Waals surface area contributed by atoms with Crippen LogP contribution in [-0.2, 0) is 0 Å². The number of hydrogen-bond acceptors (Lipinski definition) is 3. The van der Waals surface area contributed by atoms with Crippen LogP contribution in [0.1, 0.15) is 20.8 Å². The van der Waals surface area contributed by atoms with Crippen LogP contribution in [0, 0.1) is 0 Å². The molecule has 0 heterocycles. The monoisotopic (exact) mass is 191 g/mol. The zero-order valence-electron chi connectivity index (χ0n) is 8.42. The van der Waals surface area contributed by atoms with Gasteiger partial charge in [0.2, 0.25) is 0 Å². The predicted octanol–water partition coefficient (Wildman–Crippen LogP) is 1.44. The number of aliphatic hydroxyl groups is 1. The van der Waals surface area contributed by atoms with Gasteiger partial charge in [-0.3, -0.25) is 0 Å². The third-order valence-electron chi connectivity index (χ3n) is 1.81. The minimum atomic E-state index is -0.160. The van der Waals surface area contributed by atoms with E-state index in [1.165, 1.54) is 0 Å². The van der Waals surface area contributed by atoms with Gasteiger partial charge in [0.1, 0.15) is 0 Å². The Bertz CT molecular complexity index is 94.5. The molecule has 0 aliphatic carbocycles. The zero-order chi connectivity index (χ0) is 9.40. The Hall–Kier alpha value is 0.270. The number of thioether (sulfide) groups is 1. The number of nitrogens with zero attached hydrogens (tertiary/aromatic N) is 1. The van der Waals surface area contributed by atoms with Gasteiger partial charge in [0.25, 0.3) is 0 Å². The van der Waals surface area contributed by atoms with Crippen LogP contribution in [0.4, 0.5) is 0 Å². The van der Waals surface area contributed by atoms with Crippen molar-refractivity contribution >= 4 is 11.8 Å². The minimum Gasteiger partial charge on any atom is -0.393 e. The fraction of sp³-hybridized carbons (Fsp3) is 1.00. The van der Waals surface area contributed by atoms with Gasteiger partial charge in [-0.2, -0.15) is 11.8 Å². The van der Waals surface area contributed by atoms with E-state index in [4.69, 9.17) is 5.11 Å². The summed E-state index contributed by atoms with van der Waals surface area (Å²) in [4.78, 5) is 2.40. The molecule has 0 saturated carbocycles. The molecular formula is C9H21NOS. The average molecular weight is 191 g/mol. The van der Waals surface area contributed by atoms with E-state index >= 15 is 0 Å². The lowest BCUT2D eigenvalue weighted by molar-refractivity contribution is 0.220. The average Bonchev–Trinajstić information content (AvgIpc) is 2.04. The van der Waals surface area contributed by atoms with Crippen LogP contribution in [0.2, 0.25) is 0 Å². The molecular weight excluding hydrogens is 170 g/mol. The summed E-state index contributed by atoms with van der Waals surface area (Å²) in [5, 5.41) is 9.00. The van der Waals surface area contributed by atoms with Crippen LogP contribution in [0.15, 0.2) is 0 Å². The van der Waals surface area contributed by atoms with E-state index in [1.54, 1.807) is 0 Å². The van der Waals surface area contributed by atoms with Crippen molar-refractivity contribution in [2.45, 2.75) is 26.9 Å². The smallest absolute Gasteiger partial charge is 0.0602 e. The maximum absolute atomic E-state index is 9.00. The van der Waals surface area contributed by atoms with E-state index < -0.39 is 0 Å². The van der Waals surface area contributed by atoms with Crippen LogP contribution in [0.3, 0.4) is 0 Å². The first-order valence-electron chi connectivity index (χ1n) is 4.68. The van der Waals surface area contributed by atoms with Gasteiger partial charge in [0, 0.05) is 18.1 Å². The van der Waals surface area contributed by atoms with E-state index in [2.05, 4.69) is 18.7 Å². The van der Waals surface area contributed by atoms with Crippen LogP contribution in [0.25, 0.3) is 0 Å². The lowest BCUT2D eigenvalue weighted by atomic mass is 10.5. The van der Waals surface area contributed by atoms with E-state index in [1.807, 2.05) is 18.7 Å². The molecule has 1 atom stereocenters. The summed E-state index contributed by atoms with van der Waals surface area (Å²) >= 11 is 1.83. The normalized spacial score (nSPS) is 13.8. The van der Waals surface area contributed by atoms with Crippen molar-refractivity contribution in [1.29, 1.82) is 0 Å². The Kier molecular flexibility index (Phi) is 8.07. The van der Waals surface area contributed by atoms with Gasteiger partial charge >= 0.3 is 0 Å². The fourth-order valence-electron chi connectivity index (χ4n) is 0.987. The Morgan fingerprint density at radius 1 is 1.33 bits per heavy atom. The van der Waals surface area contributed by atoms with Crippen molar-refractivity contribution in [2.24, 2.45) is 0 Å². The molecule has 2 nitrogen and oxygen atoms in total. The van der Waals surface area contributed by atoms with E-state index in [-0.39, 0.29) is 6.10 Å². The molecule has 12 heavy (non-hydrogen) atoms. The second-order valence-corrected chi connectivity index (χ2v) is 4.10. The minimum absolute atomic E-state index is 0.160. The molecule has 0 aromatic heterocycles.